The second-order valence-electron chi connectivity index (χ2n) is 9.58. The van der Waals surface area contributed by atoms with Crippen LogP contribution in [-0.4, -0.2) is 60.5 Å². The normalized spacial score (nSPS) is 15.3. The van der Waals surface area contributed by atoms with Crippen molar-refractivity contribution in [2.45, 2.75) is 90.4 Å². The number of nitrogens with zero attached hydrogens (tertiary/aromatic N) is 1. The highest BCUT2D eigenvalue weighted by molar-refractivity contribution is 7.58. The Morgan fingerprint density at radius 3 is 1.68 bits per heavy atom. The zero-order chi connectivity index (χ0) is 21.5. The molecule has 2 N–H and O–H groups in total. The summed E-state index contributed by atoms with van der Waals surface area (Å²) in [6, 6.07) is 0. The molecule has 0 aliphatic heterocycles. The van der Waals surface area contributed by atoms with Crippen LogP contribution >= 0.6 is 7.37 Å². The van der Waals surface area contributed by atoms with Gasteiger partial charge < -0.3 is 14.5 Å². The Morgan fingerprint density at radius 1 is 0.857 bits per heavy atom. The van der Waals surface area contributed by atoms with Crippen LogP contribution in [0.15, 0.2) is 0 Å². The lowest BCUT2D eigenvalue weighted by molar-refractivity contribution is -0.873. The molecular formula is C22H47NO4P+. The number of hydrogen-bond donors (Lipinski definition) is 2. The number of carbonyl (C=O) groups is 1. The molecular weight excluding hydrogens is 373 g/mol. The van der Waals surface area contributed by atoms with Gasteiger partial charge in [0.25, 0.3) is 0 Å². The molecule has 0 aliphatic carbocycles. The number of carboxylic acids is 1. The SMILES string of the molecule is CCCCCCCCCCCCCCP(=O)(O)C[C@@H](CC(=O)O)C[N+](C)(C)C. The van der Waals surface area contributed by atoms with Crippen LogP contribution in [0.1, 0.15) is 90.4 Å². The Bertz CT molecular complexity index is 448. The fourth-order valence-corrected chi connectivity index (χ4v) is 5.85. The Labute approximate surface area is 173 Å². The summed E-state index contributed by atoms with van der Waals surface area (Å²) in [5.41, 5.74) is 0. The molecule has 0 aromatic heterocycles. The highest BCUT2D eigenvalue weighted by Crippen LogP contribution is 2.44. The summed E-state index contributed by atoms with van der Waals surface area (Å²) < 4.78 is 13.1. The molecule has 0 bridgehead atoms. The number of hydrogen-bond acceptors (Lipinski definition) is 2. The van der Waals surface area contributed by atoms with E-state index in [0.717, 1.165) is 19.3 Å². The van der Waals surface area contributed by atoms with Crippen LogP contribution < -0.4 is 0 Å². The van der Waals surface area contributed by atoms with E-state index in [1.54, 1.807) is 0 Å². The lowest BCUT2D eigenvalue weighted by Gasteiger charge is -2.29. The number of unbranched alkanes of at least 4 members (excludes halogenated alkanes) is 11. The Kier molecular flexibility index (Phi) is 15.2. The van der Waals surface area contributed by atoms with Gasteiger partial charge in [-0.1, -0.05) is 77.6 Å². The van der Waals surface area contributed by atoms with Crippen LogP contribution in [0.3, 0.4) is 0 Å². The first-order chi connectivity index (χ1) is 13.1. The van der Waals surface area contributed by atoms with Gasteiger partial charge in [0.2, 0.25) is 7.37 Å². The summed E-state index contributed by atoms with van der Waals surface area (Å²) in [5, 5.41) is 9.09. The number of aliphatic carboxylic acids is 1. The molecule has 0 amide bonds. The first-order valence-electron chi connectivity index (χ1n) is 11.4. The van der Waals surface area contributed by atoms with Crippen molar-refractivity contribution in [2.24, 2.45) is 5.92 Å². The van der Waals surface area contributed by atoms with E-state index in [9.17, 15) is 14.3 Å². The van der Waals surface area contributed by atoms with Gasteiger partial charge in [-0.15, -0.1) is 0 Å². The lowest BCUT2D eigenvalue weighted by Crippen LogP contribution is -2.40. The minimum absolute atomic E-state index is 0.0293. The average Bonchev–Trinajstić information content (AvgIpc) is 2.53. The maximum atomic E-state index is 12.5. The van der Waals surface area contributed by atoms with Crippen molar-refractivity contribution in [1.29, 1.82) is 0 Å². The molecule has 1 unspecified atom stereocenters. The molecule has 5 nitrogen and oxygen atoms in total. The van der Waals surface area contributed by atoms with Gasteiger partial charge in [0, 0.05) is 18.2 Å². The molecule has 0 fully saturated rings. The van der Waals surface area contributed by atoms with Gasteiger partial charge in [-0.2, -0.15) is 0 Å². The van der Waals surface area contributed by atoms with Gasteiger partial charge >= 0.3 is 5.97 Å². The van der Waals surface area contributed by atoms with Gasteiger partial charge in [-0.3, -0.25) is 9.36 Å². The summed E-state index contributed by atoms with van der Waals surface area (Å²) in [6.45, 7) is 2.85. The molecule has 0 spiro atoms. The van der Waals surface area contributed by atoms with Crippen molar-refractivity contribution in [2.75, 3.05) is 40.0 Å². The smallest absolute Gasteiger partial charge is 0.303 e. The lowest BCUT2D eigenvalue weighted by atomic mass is 10.1. The van der Waals surface area contributed by atoms with Gasteiger partial charge in [-0.25, -0.2) is 0 Å². The molecule has 0 saturated heterocycles. The van der Waals surface area contributed by atoms with E-state index >= 15 is 0 Å². The molecule has 0 aliphatic rings. The average molecular weight is 421 g/mol. The Balaban J connectivity index is 3.88. The molecule has 0 aromatic carbocycles. The van der Waals surface area contributed by atoms with Crippen molar-refractivity contribution in [3.05, 3.63) is 0 Å². The number of carboxylic acid groups (broad SMARTS) is 1. The summed E-state index contributed by atoms with van der Waals surface area (Å²) >= 11 is 0. The summed E-state index contributed by atoms with van der Waals surface area (Å²) in [4.78, 5) is 21.4. The molecule has 6 heteroatoms. The van der Waals surface area contributed by atoms with Gasteiger partial charge in [0.15, 0.2) is 0 Å². The van der Waals surface area contributed by atoms with Crippen LogP contribution in [0.25, 0.3) is 0 Å². The van der Waals surface area contributed by atoms with Crippen LogP contribution in [-0.2, 0) is 9.36 Å². The second kappa shape index (κ2) is 15.5. The summed E-state index contributed by atoms with van der Waals surface area (Å²) in [6.07, 6.45) is 15.2. The van der Waals surface area contributed by atoms with Crippen LogP contribution in [0.4, 0.5) is 0 Å². The minimum atomic E-state index is -3.24. The predicted molar refractivity (Wildman–Crippen MR) is 119 cm³/mol. The summed E-state index contributed by atoms with van der Waals surface area (Å²) in [5.74, 6) is -1.13. The van der Waals surface area contributed by atoms with E-state index in [1.165, 1.54) is 57.8 Å². The van der Waals surface area contributed by atoms with Crippen LogP contribution in [0.2, 0.25) is 0 Å². The summed E-state index contributed by atoms with van der Waals surface area (Å²) in [7, 11) is 2.72. The number of quaternary nitrogens is 1. The predicted octanol–water partition coefficient (Wildman–Crippen LogP) is 5.76. The van der Waals surface area contributed by atoms with Crippen molar-refractivity contribution >= 4 is 13.3 Å². The molecule has 0 aromatic rings. The van der Waals surface area contributed by atoms with Crippen molar-refractivity contribution in [1.82, 2.24) is 0 Å². The standard InChI is InChI=1S/C22H46NO4P/c1-5-6-7-8-9-10-11-12-13-14-15-16-17-28(26,27)20-21(18-22(24)25)19-23(2,3)4/h21H,5-20H2,1-4H3,(H-,24,25,26,27)/p+1/t21-/m0/s1. The maximum Gasteiger partial charge on any atom is 0.303 e. The molecule has 168 valence electrons. The Morgan fingerprint density at radius 2 is 1.29 bits per heavy atom. The Hall–Kier alpha value is -0.380. The van der Waals surface area contributed by atoms with Crippen molar-refractivity contribution in [3.63, 3.8) is 0 Å². The highest BCUT2D eigenvalue weighted by atomic mass is 31.2. The molecule has 0 heterocycles. The first-order valence-corrected chi connectivity index (χ1v) is 13.4. The molecule has 2 atom stereocenters. The van der Waals surface area contributed by atoms with E-state index in [-0.39, 0.29) is 18.5 Å². The molecule has 0 saturated carbocycles. The largest absolute Gasteiger partial charge is 0.481 e. The third-order valence-corrected chi connectivity index (χ3v) is 7.28. The van der Waals surface area contributed by atoms with Crippen LogP contribution in [0.5, 0.6) is 0 Å². The minimum Gasteiger partial charge on any atom is -0.481 e. The van der Waals surface area contributed by atoms with Gasteiger partial charge in [-0.05, 0) is 6.42 Å². The number of rotatable bonds is 19. The van der Waals surface area contributed by atoms with E-state index in [1.807, 2.05) is 21.1 Å². The zero-order valence-electron chi connectivity index (χ0n) is 19.0. The van der Waals surface area contributed by atoms with E-state index < -0.39 is 13.3 Å². The topological polar surface area (TPSA) is 74.6 Å². The van der Waals surface area contributed by atoms with Crippen molar-refractivity contribution in [3.8, 4) is 0 Å². The van der Waals surface area contributed by atoms with E-state index in [4.69, 9.17) is 5.11 Å². The van der Waals surface area contributed by atoms with E-state index in [0.29, 0.717) is 17.2 Å². The first kappa shape index (κ1) is 27.6. The third kappa shape index (κ3) is 19.0. The third-order valence-electron chi connectivity index (χ3n) is 5.17. The highest BCUT2D eigenvalue weighted by Gasteiger charge is 2.29. The van der Waals surface area contributed by atoms with Gasteiger partial charge in [0.05, 0.1) is 34.1 Å². The second-order valence-corrected chi connectivity index (χ2v) is 12.1. The molecule has 0 rings (SSSR count). The molecule has 28 heavy (non-hydrogen) atoms. The quantitative estimate of drug-likeness (QED) is 0.158. The van der Waals surface area contributed by atoms with Gasteiger partial charge in [0.1, 0.15) is 0 Å². The monoisotopic (exact) mass is 420 g/mol. The van der Waals surface area contributed by atoms with Crippen molar-refractivity contribution < 1.29 is 23.8 Å². The van der Waals surface area contributed by atoms with Crippen LogP contribution in [0, 0.1) is 5.92 Å². The fourth-order valence-electron chi connectivity index (χ4n) is 3.90. The molecule has 0 radical (unpaired) electrons. The van der Waals surface area contributed by atoms with E-state index in [2.05, 4.69) is 6.92 Å². The fraction of sp³-hybridized carbons (Fsp3) is 0.955. The maximum absolute atomic E-state index is 12.5. The zero-order valence-corrected chi connectivity index (χ0v) is 19.9.